The highest BCUT2D eigenvalue weighted by molar-refractivity contribution is 6.30. The van der Waals surface area contributed by atoms with Crippen LogP contribution in [0.4, 0.5) is 11.4 Å². The normalized spacial score (nSPS) is 25.7. The number of hydrogen-bond donors (Lipinski definition) is 2. The zero-order valence-electron chi connectivity index (χ0n) is 10.5. The fraction of sp³-hybridized carbons (Fsp3) is 0.500. The predicted octanol–water partition coefficient (Wildman–Crippen LogP) is 2.16. The van der Waals surface area contributed by atoms with Crippen molar-refractivity contribution in [2.75, 3.05) is 11.9 Å². The number of halogens is 1. The smallest absolute Gasteiger partial charge is 0.293 e. The van der Waals surface area contributed by atoms with Crippen molar-refractivity contribution in [2.24, 2.45) is 5.73 Å². The molecular weight excluding hydrogens is 270 g/mol. The first-order valence-corrected chi connectivity index (χ1v) is 6.48. The topological polar surface area (TPSA) is 90.4 Å². The van der Waals surface area contributed by atoms with E-state index in [2.05, 4.69) is 5.32 Å². The van der Waals surface area contributed by atoms with Crippen molar-refractivity contribution < 1.29 is 9.66 Å². The molecule has 2 rings (SSSR count). The van der Waals surface area contributed by atoms with E-state index in [1.807, 2.05) is 6.92 Å². The van der Waals surface area contributed by atoms with E-state index in [1.165, 1.54) is 6.07 Å². The lowest BCUT2D eigenvalue weighted by molar-refractivity contribution is -0.384. The minimum absolute atomic E-state index is 0.00437. The van der Waals surface area contributed by atoms with Crippen molar-refractivity contribution >= 4 is 23.0 Å². The Morgan fingerprint density at radius 2 is 2.37 bits per heavy atom. The van der Waals surface area contributed by atoms with Crippen molar-refractivity contribution in [3.63, 3.8) is 0 Å². The van der Waals surface area contributed by atoms with Gasteiger partial charge in [-0.2, -0.15) is 0 Å². The second-order valence-corrected chi connectivity index (χ2v) is 4.92. The van der Waals surface area contributed by atoms with Gasteiger partial charge >= 0.3 is 0 Å². The van der Waals surface area contributed by atoms with Gasteiger partial charge in [-0.3, -0.25) is 10.1 Å². The fourth-order valence-electron chi connectivity index (χ4n) is 2.18. The summed E-state index contributed by atoms with van der Waals surface area (Å²) in [7, 11) is 0. The van der Waals surface area contributed by atoms with E-state index in [0.717, 1.165) is 6.42 Å². The lowest BCUT2D eigenvalue weighted by atomic mass is 9.83. The van der Waals surface area contributed by atoms with Gasteiger partial charge < -0.3 is 15.8 Å². The molecule has 0 aromatic heterocycles. The van der Waals surface area contributed by atoms with Crippen LogP contribution in [0, 0.1) is 10.1 Å². The Morgan fingerprint density at radius 3 is 2.95 bits per heavy atom. The molecule has 1 aromatic rings. The molecule has 0 amide bonds. The summed E-state index contributed by atoms with van der Waals surface area (Å²) in [5.41, 5.74) is 6.27. The quantitative estimate of drug-likeness (QED) is 0.639. The standard InChI is InChI=1S/C12H16ClN3O3/c1-2-19-11-6-8(14)12(11)15-9-4-3-7(13)5-10(9)16(17)18/h3-5,8,11-12,15H,2,6,14H2,1H3. The Bertz CT molecular complexity index is 481. The van der Waals surface area contributed by atoms with Gasteiger partial charge in [0.1, 0.15) is 5.69 Å². The van der Waals surface area contributed by atoms with E-state index in [9.17, 15) is 10.1 Å². The van der Waals surface area contributed by atoms with Crippen LogP contribution in [0.25, 0.3) is 0 Å². The zero-order chi connectivity index (χ0) is 14.0. The molecule has 0 heterocycles. The van der Waals surface area contributed by atoms with Crippen molar-refractivity contribution in [1.29, 1.82) is 0 Å². The highest BCUT2D eigenvalue weighted by Gasteiger charge is 2.40. The molecule has 1 saturated carbocycles. The first kappa shape index (κ1) is 14.0. The Hall–Kier alpha value is -1.37. The molecular formula is C12H16ClN3O3. The molecule has 1 aliphatic carbocycles. The summed E-state index contributed by atoms with van der Waals surface area (Å²) in [6.07, 6.45) is 0.752. The molecule has 0 saturated heterocycles. The van der Waals surface area contributed by atoms with Gasteiger partial charge in [0, 0.05) is 23.7 Å². The SMILES string of the molecule is CCOC1CC(N)C1Nc1ccc(Cl)cc1[N+](=O)[O-]. The molecule has 0 spiro atoms. The molecule has 7 heteroatoms. The van der Waals surface area contributed by atoms with Gasteiger partial charge in [-0.15, -0.1) is 0 Å². The summed E-state index contributed by atoms with van der Waals surface area (Å²) in [5, 5.41) is 14.4. The number of nitro benzene ring substituents is 1. The number of rotatable bonds is 5. The van der Waals surface area contributed by atoms with Crippen LogP contribution in [0.5, 0.6) is 0 Å². The van der Waals surface area contributed by atoms with Gasteiger partial charge in [0.05, 0.1) is 17.1 Å². The largest absolute Gasteiger partial charge is 0.376 e. The van der Waals surface area contributed by atoms with Crippen LogP contribution in [0.1, 0.15) is 13.3 Å². The minimum Gasteiger partial charge on any atom is -0.376 e. The second-order valence-electron chi connectivity index (χ2n) is 4.48. The average molecular weight is 286 g/mol. The molecule has 3 unspecified atom stereocenters. The molecule has 1 aliphatic rings. The molecule has 1 fully saturated rings. The van der Waals surface area contributed by atoms with Gasteiger partial charge in [-0.25, -0.2) is 0 Å². The van der Waals surface area contributed by atoms with Gasteiger partial charge in [0.25, 0.3) is 5.69 Å². The Morgan fingerprint density at radius 1 is 1.63 bits per heavy atom. The Labute approximate surface area is 116 Å². The summed E-state index contributed by atoms with van der Waals surface area (Å²) < 4.78 is 5.52. The van der Waals surface area contributed by atoms with E-state index in [0.29, 0.717) is 17.3 Å². The number of nitro groups is 1. The second kappa shape index (κ2) is 5.73. The third kappa shape index (κ3) is 2.97. The summed E-state index contributed by atoms with van der Waals surface area (Å²) in [4.78, 5) is 10.5. The van der Waals surface area contributed by atoms with Crippen molar-refractivity contribution in [1.82, 2.24) is 0 Å². The lowest BCUT2D eigenvalue weighted by Crippen LogP contribution is -2.60. The molecule has 3 N–H and O–H groups in total. The van der Waals surface area contributed by atoms with E-state index >= 15 is 0 Å². The molecule has 6 nitrogen and oxygen atoms in total. The maximum atomic E-state index is 11.0. The molecule has 3 atom stereocenters. The van der Waals surface area contributed by atoms with Crippen LogP contribution in [-0.2, 0) is 4.74 Å². The van der Waals surface area contributed by atoms with Gasteiger partial charge in [0.15, 0.2) is 0 Å². The van der Waals surface area contributed by atoms with Gasteiger partial charge in [-0.1, -0.05) is 11.6 Å². The van der Waals surface area contributed by atoms with Crippen LogP contribution in [-0.4, -0.2) is 29.7 Å². The highest BCUT2D eigenvalue weighted by Crippen LogP contribution is 2.32. The van der Waals surface area contributed by atoms with Crippen molar-refractivity contribution in [2.45, 2.75) is 31.5 Å². The van der Waals surface area contributed by atoms with Crippen LogP contribution in [0.2, 0.25) is 5.02 Å². The maximum Gasteiger partial charge on any atom is 0.293 e. The Balaban J connectivity index is 2.16. The summed E-state index contributed by atoms with van der Waals surface area (Å²) in [6, 6.07) is 4.35. The van der Waals surface area contributed by atoms with Crippen LogP contribution in [0.3, 0.4) is 0 Å². The zero-order valence-corrected chi connectivity index (χ0v) is 11.3. The van der Waals surface area contributed by atoms with Gasteiger partial charge in [-0.05, 0) is 25.5 Å². The van der Waals surface area contributed by atoms with E-state index < -0.39 is 4.92 Å². The summed E-state index contributed by atoms with van der Waals surface area (Å²) in [6.45, 7) is 2.50. The maximum absolute atomic E-state index is 11.0. The number of ether oxygens (including phenoxy) is 1. The van der Waals surface area contributed by atoms with Crippen LogP contribution in [0.15, 0.2) is 18.2 Å². The molecule has 0 bridgehead atoms. The van der Waals surface area contributed by atoms with E-state index in [-0.39, 0.29) is 23.9 Å². The molecule has 1 aromatic carbocycles. The minimum atomic E-state index is -0.464. The number of hydrogen-bond acceptors (Lipinski definition) is 5. The van der Waals surface area contributed by atoms with Crippen LogP contribution < -0.4 is 11.1 Å². The lowest BCUT2D eigenvalue weighted by Gasteiger charge is -2.42. The third-order valence-corrected chi connectivity index (χ3v) is 3.46. The number of nitrogens with two attached hydrogens (primary N) is 1. The van der Waals surface area contributed by atoms with Crippen LogP contribution >= 0.6 is 11.6 Å². The third-order valence-electron chi connectivity index (χ3n) is 3.23. The first-order chi connectivity index (χ1) is 9.02. The van der Waals surface area contributed by atoms with Crippen molar-refractivity contribution in [3.8, 4) is 0 Å². The predicted molar refractivity (Wildman–Crippen MR) is 73.5 cm³/mol. The van der Waals surface area contributed by atoms with Crippen molar-refractivity contribution in [3.05, 3.63) is 33.3 Å². The average Bonchev–Trinajstić information content (AvgIpc) is 2.36. The van der Waals surface area contributed by atoms with Gasteiger partial charge in [0.2, 0.25) is 0 Å². The molecule has 0 radical (unpaired) electrons. The fourth-order valence-corrected chi connectivity index (χ4v) is 2.35. The van der Waals surface area contributed by atoms with E-state index in [1.54, 1.807) is 12.1 Å². The molecule has 19 heavy (non-hydrogen) atoms. The number of nitrogens with zero attached hydrogens (tertiary/aromatic N) is 1. The number of nitrogens with one attached hydrogen (secondary N) is 1. The number of anilines is 1. The summed E-state index contributed by atoms with van der Waals surface area (Å²) in [5.74, 6) is 0. The molecule has 0 aliphatic heterocycles. The molecule has 104 valence electrons. The summed E-state index contributed by atoms with van der Waals surface area (Å²) >= 11 is 5.77. The monoisotopic (exact) mass is 285 g/mol. The van der Waals surface area contributed by atoms with E-state index in [4.69, 9.17) is 22.1 Å². The first-order valence-electron chi connectivity index (χ1n) is 6.10. The Kier molecular flexibility index (Phi) is 4.24. The number of benzene rings is 1. The highest BCUT2D eigenvalue weighted by atomic mass is 35.5.